The highest BCUT2D eigenvalue weighted by atomic mass is 16.2. The predicted molar refractivity (Wildman–Crippen MR) is 64.2 cm³/mol. The number of nitrogens with two attached hydrogens (primary N) is 1. The lowest BCUT2D eigenvalue weighted by Gasteiger charge is -2.14. The third-order valence-corrected chi connectivity index (χ3v) is 2.42. The van der Waals surface area contributed by atoms with Crippen molar-refractivity contribution in [3.63, 3.8) is 0 Å². The van der Waals surface area contributed by atoms with Crippen LogP contribution in [0.4, 0.5) is 0 Å². The van der Waals surface area contributed by atoms with E-state index in [0.717, 1.165) is 12.8 Å². The van der Waals surface area contributed by atoms with Gasteiger partial charge in [-0.05, 0) is 18.6 Å². The Morgan fingerprint density at radius 2 is 2.29 bits per heavy atom. The summed E-state index contributed by atoms with van der Waals surface area (Å²) in [7, 11) is 0. The Bertz CT molecular complexity index is 379. The molecule has 0 saturated carbocycles. The molecule has 0 aromatic carbocycles. The van der Waals surface area contributed by atoms with E-state index in [0.29, 0.717) is 12.0 Å². The van der Waals surface area contributed by atoms with Gasteiger partial charge in [0.05, 0.1) is 5.56 Å². The molecular weight excluding hydrogens is 218 g/mol. The van der Waals surface area contributed by atoms with Crippen molar-refractivity contribution >= 4 is 11.8 Å². The van der Waals surface area contributed by atoms with Gasteiger partial charge in [0.2, 0.25) is 5.91 Å². The molecule has 1 atom stereocenters. The van der Waals surface area contributed by atoms with Gasteiger partial charge in [-0.2, -0.15) is 0 Å². The van der Waals surface area contributed by atoms with Gasteiger partial charge in [-0.25, -0.2) is 0 Å². The second-order valence-electron chi connectivity index (χ2n) is 3.81. The fourth-order valence-corrected chi connectivity index (χ4v) is 1.43. The Morgan fingerprint density at radius 1 is 1.53 bits per heavy atom. The summed E-state index contributed by atoms with van der Waals surface area (Å²) in [6.07, 6.45) is 5.40. The number of nitrogens with zero attached hydrogens (tertiary/aromatic N) is 1. The van der Waals surface area contributed by atoms with Gasteiger partial charge in [-0.15, -0.1) is 0 Å². The highest BCUT2D eigenvalue weighted by Crippen LogP contribution is 2.02. The molecule has 0 radical (unpaired) electrons. The third kappa shape index (κ3) is 4.22. The first-order valence-corrected chi connectivity index (χ1v) is 5.65. The maximum absolute atomic E-state index is 11.8. The van der Waals surface area contributed by atoms with Crippen LogP contribution in [0, 0.1) is 0 Å². The van der Waals surface area contributed by atoms with Gasteiger partial charge < -0.3 is 11.1 Å². The van der Waals surface area contributed by atoms with Gasteiger partial charge in [0, 0.05) is 12.4 Å². The summed E-state index contributed by atoms with van der Waals surface area (Å²) in [5, 5.41) is 2.61. The Balaban J connectivity index is 2.61. The Hall–Kier alpha value is -1.91. The number of primary amides is 1. The third-order valence-electron chi connectivity index (χ3n) is 2.42. The molecule has 0 bridgehead atoms. The van der Waals surface area contributed by atoms with Gasteiger partial charge >= 0.3 is 0 Å². The molecule has 17 heavy (non-hydrogen) atoms. The summed E-state index contributed by atoms with van der Waals surface area (Å²) in [4.78, 5) is 26.8. The highest BCUT2D eigenvalue weighted by Gasteiger charge is 2.18. The highest BCUT2D eigenvalue weighted by molar-refractivity contribution is 5.96. The summed E-state index contributed by atoms with van der Waals surface area (Å²) in [5.41, 5.74) is 5.66. The first-order valence-electron chi connectivity index (χ1n) is 5.65. The van der Waals surface area contributed by atoms with E-state index in [4.69, 9.17) is 5.73 Å². The number of carbonyl (C=O) groups excluding carboxylic acids is 2. The number of carbonyl (C=O) groups is 2. The summed E-state index contributed by atoms with van der Waals surface area (Å²) in [6.45, 7) is 2.01. The minimum absolute atomic E-state index is 0.321. The molecular formula is C12H17N3O2. The maximum atomic E-state index is 11.8. The predicted octanol–water partition coefficient (Wildman–Crippen LogP) is 0.855. The maximum Gasteiger partial charge on any atom is 0.253 e. The van der Waals surface area contributed by atoms with Gasteiger partial charge in [0.15, 0.2) is 0 Å². The second kappa shape index (κ2) is 6.62. The molecule has 0 aliphatic heterocycles. The van der Waals surface area contributed by atoms with E-state index in [1.165, 1.54) is 6.20 Å². The molecule has 0 saturated heterocycles. The summed E-state index contributed by atoms with van der Waals surface area (Å²) in [5.74, 6) is -0.825. The summed E-state index contributed by atoms with van der Waals surface area (Å²) < 4.78 is 0. The van der Waals surface area contributed by atoms with Crippen molar-refractivity contribution in [3.8, 4) is 0 Å². The lowest BCUT2D eigenvalue weighted by molar-refractivity contribution is -0.120. The minimum atomic E-state index is -0.609. The molecule has 0 fully saturated rings. The lowest BCUT2D eigenvalue weighted by Crippen LogP contribution is -2.44. The number of aromatic nitrogens is 1. The van der Waals surface area contributed by atoms with Crippen molar-refractivity contribution < 1.29 is 9.59 Å². The SMILES string of the molecule is CCCC[C@H](NC(=O)c1cccnc1)C(N)=O. The zero-order valence-corrected chi connectivity index (χ0v) is 9.85. The van der Waals surface area contributed by atoms with Gasteiger partial charge in [0.1, 0.15) is 6.04 Å². The molecule has 0 spiro atoms. The van der Waals surface area contributed by atoms with E-state index >= 15 is 0 Å². The average molecular weight is 235 g/mol. The van der Waals surface area contributed by atoms with Crippen LogP contribution < -0.4 is 11.1 Å². The molecule has 5 heteroatoms. The monoisotopic (exact) mass is 235 g/mol. The molecule has 0 aliphatic carbocycles. The van der Waals surface area contributed by atoms with Crippen LogP contribution in [-0.4, -0.2) is 22.8 Å². The van der Waals surface area contributed by atoms with Crippen molar-refractivity contribution in [3.05, 3.63) is 30.1 Å². The van der Waals surface area contributed by atoms with Gasteiger partial charge in [0.25, 0.3) is 5.91 Å². The van der Waals surface area contributed by atoms with Crippen LogP contribution in [0.2, 0.25) is 0 Å². The molecule has 1 aromatic heterocycles. The van der Waals surface area contributed by atoms with Crippen LogP contribution in [-0.2, 0) is 4.79 Å². The molecule has 1 aromatic rings. The van der Waals surface area contributed by atoms with Crippen molar-refractivity contribution in [2.45, 2.75) is 32.2 Å². The van der Waals surface area contributed by atoms with E-state index in [9.17, 15) is 9.59 Å². The zero-order valence-electron chi connectivity index (χ0n) is 9.85. The van der Waals surface area contributed by atoms with Crippen LogP contribution in [0.25, 0.3) is 0 Å². The number of hydrogen-bond donors (Lipinski definition) is 2. The van der Waals surface area contributed by atoms with E-state index in [1.807, 2.05) is 6.92 Å². The van der Waals surface area contributed by atoms with Crippen molar-refractivity contribution in [1.82, 2.24) is 10.3 Å². The topological polar surface area (TPSA) is 85.1 Å². The van der Waals surface area contributed by atoms with E-state index < -0.39 is 11.9 Å². The van der Waals surface area contributed by atoms with E-state index in [-0.39, 0.29) is 5.91 Å². The van der Waals surface area contributed by atoms with Crippen LogP contribution in [0.15, 0.2) is 24.5 Å². The molecule has 0 aliphatic rings. The smallest absolute Gasteiger partial charge is 0.253 e. The molecule has 1 heterocycles. The Labute approximate surface area is 100 Å². The fraction of sp³-hybridized carbons (Fsp3) is 0.417. The van der Waals surface area contributed by atoms with E-state index in [1.54, 1.807) is 18.3 Å². The average Bonchev–Trinajstić information content (AvgIpc) is 2.35. The van der Waals surface area contributed by atoms with Crippen LogP contribution in [0.3, 0.4) is 0 Å². The van der Waals surface area contributed by atoms with Crippen molar-refractivity contribution in [2.24, 2.45) is 5.73 Å². The number of unbranched alkanes of at least 4 members (excludes halogenated alkanes) is 1. The Kier molecular flexibility index (Phi) is 5.13. The zero-order chi connectivity index (χ0) is 12.7. The first-order chi connectivity index (χ1) is 8.15. The van der Waals surface area contributed by atoms with Crippen LogP contribution in [0.5, 0.6) is 0 Å². The van der Waals surface area contributed by atoms with Crippen LogP contribution in [0.1, 0.15) is 36.5 Å². The van der Waals surface area contributed by atoms with Crippen LogP contribution >= 0.6 is 0 Å². The first kappa shape index (κ1) is 13.2. The molecule has 0 unspecified atom stereocenters. The number of amides is 2. The largest absolute Gasteiger partial charge is 0.368 e. The van der Waals surface area contributed by atoms with Crippen molar-refractivity contribution in [2.75, 3.05) is 0 Å². The molecule has 3 N–H and O–H groups in total. The molecule has 2 amide bonds. The molecule has 92 valence electrons. The number of hydrogen-bond acceptors (Lipinski definition) is 3. The van der Waals surface area contributed by atoms with Gasteiger partial charge in [-0.1, -0.05) is 19.8 Å². The molecule has 5 nitrogen and oxygen atoms in total. The normalized spacial score (nSPS) is 11.8. The second-order valence-corrected chi connectivity index (χ2v) is 3.81. The lowest BCUT2D eigenvalue weighted by atomic mass is 10.1. The van der Waals surface area contributed by atoms with Gasteiger partial charge in [-0.3, -0.25) is 14.6 Å². The quantitative estimate of drug-likeness (QED) is 0.766. The fourth-order valence-electron chi connectivity index (χ4n) is 1.43. The number of nitrogens with one attached hydrogen (secondary N) is 1. The summed E-state index contributed by atoms with van der Waals surface area (Å²) >= 11 is 0. The summed E-state index contributed by atoms with van der Waals surface area (Å²) in [6, 6.07) is 2.70. The molecule has 1 rings (SSSR count). The minimum Gasteiger partial charge on any atom is -0.368 e. The van der Waals surface area contributed by atoms with Crippen molar-refractivity contribution in [1.29, 1.82) is 0 Å². The number of pyridine rings is 1. The standard InChI is InChI=1S/C12H17N3O2/c1-2-3-6-10(11(13)16)15-12(17)9-5-4-7-14-8-9/h4-5,7-8,10H,2-3,6H2,1H3,(H2,13,16)(H,15,17)/t10-/m0/s1. The number of rotatable bonds is 6. The Morgan fingerprint density at radius 3 is 2.82 bits per heavy atom. The van der Waals surface area contributed by atoms with E-state index in [2.05, 4.69) is 10.3 Å².